The van der Waals surface area contributed by atoms with Gasteiger partial charge in [-0.05, 0) is 24.5 Å². The fourth-order valence-corrected chi connectivity index (χ4v) is 4.03. The van der Waals surface area contributed by atoms with E-state index in [1.807, 2.05) is 13.0 Å². The van der Waals surface area contributed by atoms with Gasteiger partial charge in [-0.2, -0.15) is 0 Å². The van der Waals surface area contributed by atoms with Crippen LogP contribution in [0.1, 0.15) is 62.0 Å². The lowest BCUT2D eigenvalue weighted by Gasteiger charge is -2.30. The maximum absolute atomic E-state index is 9.33. The average molecular weight is 338 g/mol. The van der Waals surface area contributed by atoms with Crippen molar-refractivity contribution in [3.8, 4) is 0 Å². The Balaban J connectivity index is 1.69. The fourth-order valence-electron chi connectivity index (χ4n) is 4.03. The highest BCUT2D eigenvalue weighted by Gasteiger charge is 2.42. The second-order valence-corrected chi connectivity index (χ2v) is 7.58. The molecule has 0 unspecified atom stereocenters. The van der Waals surface area contributed by atoms with Gasteiger partial charge in [0, 0.05) is 30.5 Å². The summed E-state index contributed by atoms with van der Waals surface area (Å²) < 4.78 is 0. The van der Waals surface area contributed by atoms with Crippen LogP contribution in [0.25, 0.3) is 0 Å². The number of aliphatic hydroxyl groups is 1. The zero-order valence-electron chi connectivity index (χ0n) is 15.1. The second-order valence-electron chi connectivity index (χ2n) is 7.58. The van der Waals surface area contributed by atoms with Crippen LogP contribution in [0.5, 0.6) is 0 Å². The van der Waals surface area contributed by atoms with Crippen LogP contribution in [0.4, 0.5) is 11.6 Å². The summed E-state index contributed by atoms with van der Waals surface area (Å²) in [7, 11) is 0. The van der Waals surface area contributed by atoms with Crippen molar-refractivity contribution in [1.82, 2.24) is 9.97 Å². The molecule has 5 nitrogen and oxygen atoms in total. The Morgan fingerprint density at radius 2 is 1.96 bits per heavy atom. The Morgan fingerprint density at radius 3 is 2.68 bits per heavy atom. The SMILES string of the molecule is CC(C)c1nc(N[C@H](C)CO)cc(N2C[C@H]3C[C@H]2c2ccccc23)n1. The van der Waals surface area contributed by atoms with Crippen molar-refractivity contribution >= 4 is 11.6 Å². The van der Waals surface area contributed by atoms with Crippen LogP contribution in [0, 0.1) is 0 Å². The first-order valence-electron chi connectivity index (χ1n) is 9.18. The summed E-state index contributed by atoms with van der Waals surface area (Å²) in [4.78, 5) is 11.9. The predicted octanol–water partition coefficient (Wildman–Crippen LogP) is 3.44. The van der Waals surface area contributed by atoms with Crippen molar-refractivity contribution in [2.75, 3.05) is 23.4 Å². The van der Waals surface area contributed by atoms with Gasteiger partial charge in [-0.3, -0.25) is 0 Å². The molecule has 0 amide bonds. The molecule has 0 saturated carbocycles. The molecule has 1 aliphatic carbocycles. The number of anilines is 2. The Kier molecular flexibility index (Phi) is 4.12. The van der Waals surface area contributed by atoms with Gasteiger partial charge in [-0.1, -0.05) is 38.1 Å². The molecule has 5 heteroatoms. The third-order valence-electron chi connectivity index (χ3n) is 5.30. The van der Waals surface area contributed by atoms with Gasteiger partial charge in [-0.25, -0.2) is 9.97 Å². The summed E-state index contributed by atoms with van der Waals surface area (Å²) in [5.41, 5.74) is 2.95. The van der Waals surface area contributed by atoms with Crippen molar-refractivity contribution in [3.63, 3.8) is 0 Å². The summed E-state index contributed by atoms with van der Waals surface area (Å²) in [6.07, 6.45) is 1.18. The van der Waals surface area contributed by atoms with Crippen molar-refractivity contribution in [1.29, 1.82) is 0 Å². The number of nitrogens with one attached hydrogen (secondary N) is 1. The second kappa shape index (κ2) is 6.30. The number of benzene rings is 1. The molecule has 0 spiro atoms. The largest absolute Gasteiger partial charge is 0.394 e. The number of fused-ring (bicyclic) bond motifs is 5. The Bertz CT molecular complexity index is 776. The molecule has 1 saturated heterocycles. The molecule has 132 valence electrons. The van der Waals surface area contributed by atoms with E-state index in [2.05, 4.69) is 53.3 Å². The molecule has 2 bridgehead atoms. The van der Waals surface area contributed by atoms with E-state index in [9.17, 15) is 5.11 Å². The molecule has 2 heterocycles. The van der Waals surface area contributed by atoms with Gasteiger partial charge in [0.1, 0.15) is 17.5 Å². The van der Waals surface area contributed by atoms with Crippen LogP contribution in [-0.4, -0.2) is 34.3 Å². The molecule has 3 atom stereocenters. The Morgan fingerprint density at radius 1 is 1.20 bits per heavy atom. The van der Waals surface area contributed by atoms with Gasteiger partial charge in [0.2, 0.25) is 0 Å². The molecule has 4 rings (SSSR count). The highest BCUT2D eigenvalue weighted by molar-refractivity contribution is 5.57. The van der Waals surface area contributed by atoms with Crippen molar-refractivity contribution in [2.24, 2.45) is 0 Å². The summed E-state index contributed by atoms with van der Waals surface area (Å²) in [5.74, 6) is 3.50. The fraction of sp³-hybridized carbons (Fsp3) is 0.500. The van der Waals surface area contributed by atoms with E-state index in [1.54, 1.807) is 0 Å². The zero-order chi connectivity index (χ0) is 17.6. The average Bonchev–Trinajstić information content (AvgIpc) is 3.21. The van der Waals surface area contributed by atoms with E-state index in [4.69, 9.17) is 4.98 Å². The summed E-state index contributed by atoms with van der Waals surface area (Å²) >= 11 is 0. The monoisotopic (exact) mass is 338 g/mol. The summed E-state index contributed by atoms with van der Waals surface area (Å²) in [6.45, 7) is 7.28. The number of hydrogen-bond acceptors (Lipinski definition) is 5. The quantitative estimate of drug-likeness (QED) is 0.874. The van der Waals surface area contributed by atoms with E-state index >= 15 is 0 Å². The molecule has 2 aliphatic rings. The normalized spacial score (nSPS) is 22.4. The van der Waals surface area contributed by atoms with Gasteiger partial charge in [0.05, 0.1) is 12.6 Å². The minimum absolute atomic E-state index is 0.0292. The lowest BCUT2D eigenvalue weighted by Crippen LogP contribution is -2.29. The first-order valence-corrected chi connectivity index (χ1v) is 9.18. The summed E-state index contributed by atoms with van der Waals surface area (Å²) in [6, 6.07) is 11.2. The number of hydrogen-bond donors (Lipinski definition) is 2. The van der Waals surface area contributed by atoms with E-state index < -0.39 is 0 Å². The minimum Gasteiger partial charge on any atom is -0.394 e. The highest BCUT2D eigenvalue weighted by atomic mass is 16.3. The van der Waals surface area contributed by atoms with E-state index in [0.29, 0.717) is 12.0 Å². The van der Waals surface area contributed by atoms with Crippen LogP contribution in [0.3, 0.4) is 0 Å². The minimum atomic E-state index is -0.0292. The maximum Gasteiger partial charge on any atom is 0.135 e. The first-order chi connectivity index (χ1) is 12.1. The third-order valence-corrected chi connectivity index (χ3v) is 5.30. The number of aromatic nitrogens is 2. The topological polar surface area (TPSA) is 61.3 Å². The molecule has 25 heavy (non-hydrogen) atoms. The van der Waals surface area contributed by atoms with Gasteiger partial charge in [-0.15, -0.1) is 0 Å². The first kappa shape index (κ1) is 16.3. The Hall–Kier alpha value is -2.14. The van der Waals surface area contributed by atoms with Crippen LogP contribution in [-0.2, 0) is 0 Å². The molecule has 2 N–H and O–H groups in total. The van der Waals surface area contributed by atoms with Crippen LogP contribution in [0.2, 0.25) is 0 Å². The van der Waals surface area contributed by atoms with E-state index in [1.165, 1.54) is 17.5 Å². The predicted molar refractivity (Wildman–Crippen MR) is 100 cm³/mol. The molecular formula is C20H26N4O. The van der Waals surface area contributed by atoms with E-state index in [0.717, 1.165) is 24.0 Å². The Labute approximate surface area is 149 Å². The van der Waals surface area contributed by atoms with Gasteiger partial charge in [0.25, 0.3) is 0 Å². The highest BCUT2D eigenvalue weighted by Crippen LogP contribution is 2.51. The van der Waals surface area contributed by atoms with E-state index in [-0.39, 0.29) is 18.6 Å². The summed E-state index contributed by atoms with van der Waals surface area (Å²) in [5, 5.41) is 12.6. The van der Waals surface area contributed by atoms with Gasteiger partial charge < -0.3 is 15.3 Å². The van der Waals surface area contributed by atoms with Crippen LogP contribution >= 0.6 is 0 Å². The lowest BCUT2D eigenvalue weighted by molar-refractivity contribution is 0.281. The number of nitrogens with zero attached hydrogens (tertiary/aromatic N) is 3. The maximum atomic E-state index is 9.33. The van der Waals surface area contributed by atoms with Gasteiger partial charge in [0.15, 0.2) is 0 Å². The molecular weight excluding hydrogens is 312 g/mol. The van der Waals surface area contributed by atoms with Crippen molar-refractivity contribution in [2.45, 2.75) is 51.1 Å². The lowest BCUT2D eigenvalue weighted by atomic mass is 9.99. The van der Waals surface area contributed by atoms with Crippen LogP contribution < -0.4 is 10.2 Å². The molecule has 0 radical (unpaired) electrons. The molecule has 1 aliphatic heterocycles. The van der Waals surface area contributed by atoms with Crippen molar-refractivity contribution in [3.05, 3.63) is 47.3 Å². The third kappa shape index (κ3) is 2.86. The number of aliphatic hydroxyl groups excluding tert-OH is 1. The standard InChI is InChI=1S/C20H26N4O/c1-12(2)20-22-18(21-13(3)11-25)9-19(23-20)24-10-14-8-17(24)16-7-5-4-6-15(14)16/h4-7,9,12-14,17,25H,8,10-11H2,1-3H3,(H,21,22,23)/t13-,14-,17+/m1/s1. The smallest absolute Gasteiger partial charge is 0.135 e. The molecule has 1 aromatic heterocycles. The molecule has 2 aromatic rings. The zero-order valence-corrected chi connectivity index (χ0v) is 15.1. The van der Waals surface area contributed by atoms with Crippen molar-refractivity contribution < 1.29 is 5.11 Å². The molecule has 1 aromatic carbocycles. The van der Waals surface area contributed by atoms with Gasteiger partial charge >= 0.3 is 0 Å². The number of rotatable bonds is 5. The van der Waals surface area contributed by atoms with Crippen LogP contribution in [0.15, 0.2) is 30.3 Å². The molecule has 1 fully saturated rings.